The molecule has 3 rings (SSSR count). The SMILES string of the molecule is Cc1cc(C(=O)OC(C)C(=O)Nc2c(C)n(C)n(-c3ccccc3)c2=O)ccc1[N+](=O)[O-]. The van der Waals surface area contributed by atoms with Gasteiger partial charge in [0.25, 0.3) is 17.2 Å². The van der Waals surface area contributed by atoms with E-state index < -0.39 is 28.5 Å². The lowest BCUT2D eigenvalue weighted by molar-refractivity contribution is -0.385. The molecule has 0 aliphatic rings. The van der Waals surface area contributed by atoms with Gasteiger partial charge in [0.2, 0.25) is 0 Å². The molecule has 10 heteroatoms. The fourth-order valence-electron chi connectivity index (χ4n) is 3.21. The number of nitrogens with zero attached hydrogens (tertiary/aromatic N) is 3. The maximum absolute atomic E-state index is 12.9. The van der Waals surface area contributed by atoms with Crippen molar-refractivity contribution in [3.63, 3.8) is 0 Å². The Hall–Kier alpha value is -4.21. The average molecular weight is 438 g/mol. The molecule has 1 N–H and O–H groups in total. The summed E-state index contributed by atoms with van der Waals surface area (Å²) >= 11 is 0. The first-order chi connectivity index (χ1) is 15.1. The Morgan fingerprint density at radius 2 is 1.78 bits per heavy atom. The van der Waals surface area contributed by atoms with E-state index in [0.717, 1.165) is 0 Å². The van der Waals surface area contributed by atoms with Crippen molar-refractivity contribution in [3.05, 3.63) is 85.8 Å². The van der Waals surface area contributed by atoms with Crippen LogP contribution in [0.1, 0.15) is 28.5 Å². The number of nitrogens with one attached hydrogen (secondary N) is 1. The molecular weight excluding hydrogens is 416 g/mol. The first-order valence-electron chi connectivity index (χ1n) is 9.72. The molecule has 0 aliphatic carbocycles. The molecule has 1 amide bonds. The minimum absolute atomic E-state index is 0.0788. The number of ether oxygens (including phenoxy) is 1. The molecule has 0 aliphatic heterocycles. The zero-order chi connectivity index (χ0) is 23.6. The second-order valence-electron chi connectivity index (χ2n) is 7.23. The fourth-order valence-corrected chi connectivity index (χ4v) is 3.21. The second-order valence-corrected chi connectivity index (χ2v) is 7.23. The molecule has 1 aromatic heterocycles. The molecular formula is C22H22N4O6. The fraction of sp³-hybridized carbons (Fsp3) is 0.227. The number of hydrogen-bond acceptors (Lipinski definition) is 6. The van der Waals surface area contributed by atoms with E-state index in [-0.39, 0.29) is 16.9 Å². The van der Waals surface area contributed by atoms with Crippen LogP contribution in [0, 0.1) is 24.0 Å². The summed E-state index contributed by atoms with van der Waals surface area (Å²) in [7, 11) is 1.69. The number of esters is 1. The van der Waals surface area contributed by atoms with Gasteiger partial charge >= 0.3 is 5.97 Å². The van der Waals surface area contributed by atoms with Crippen molar-refractivity contribution >= 4 is 23.3 Å². The van der Waals surface area contributed by atoms with Crippen molar-refractivity contribution in [2.24, 2.45) is 7.05 Å². The Labute approximate surface area is 183 Å². The van der Waals surface area contributed by atoms with E-state index in [2.05, 4.69) is 5.32 Å². The van der Waals surface area contributed by atoms with Gasteiger partial charge in [-0.3, -0.25) is 24.4 Å². The summed E-state index contributed by atoms with van der Waals surface area (Å²) in [6, 6.07) is 12.7. The number of carbonyl (C=O) groups is 2. The number of aromatic nitrogens is 2. The van der Waals surface area contributed by atoms with Crippen LogP contribution in [-0.2, 0) is 16.6 Å². The van der Waals surface area contributed by atoms with Gasteiger partial charge in [-0.2, -0.15) is 0 Å². The lowest BCUT2D eigenvalue weighted by Crippen LogP contribution is -2.32. The van der Waals surface area contributed by atoms with Crippen LogP contribution >= 0.6 is 0 Å². The van der Waals surface area contributed by atoms with Gasteiger partial charge in [-0.05, 0) is 45.0 Å². The van der Waals surface area contributed by atoms with E-state index in [0.29, 0.717) is 16.9 Å². The average Bonchev–Trinajstić information content (AvgIpc) is 2.96. The molecule has 3 aromatic rings. The summed E-state index contributed by atoms with van der Waals surface area (Å²) in [6.07, 6.45) is -1.21. The van der Waals surface area contributed by atoms with Crippen LogP contribution in [-0.4, -0.2) is 32.3 Å². The number of hydrogen-bond donors (Lipinski definition) is 1. The van der Waals surface area contributed by atoms with Gasteiger partial charge in [0, 0.05) is 18.7 Å². The highest BCUT2D eigenvalue weighted by atomic mass is 16.6. The zero-order valence-electron chi connectivity index (χ0n) is 18.0. The third kappa shape index (κ3) is 4.29. The topological polar surface area (TPSA) is 125 Å². The highest BCUT2D eigenvalue weighted by Gasteiger charge is 2.24. The molecule has 1 heterocycles. The van der Waals surface area contributed by atoms with Gasteiger partial charge in [0.15, 0.2) is 6.10 Å². The molecule has 0 saturated carbocycles. The lowest BCUT2D eigenvalue weighted by atomic mass is 10.1. The number of amides is 1. The van der Waals surface area contributed by atoms with Gasteiger partial charge in [-0.25, -0.2) is 9.48 Å². The van der Waals surface area contributed by atoms with Crippen LogP contribution < -0.4 is 10.9 Å². The largest absolute Gasteiger partial charge is 0.449 e. The third-order valence-corrected chi connectivity index (χ3v) is 5.08. The van der Waals surface area contributed by atoms with Gasteiger partial charge in [-0.15, -0.1) is 0 Å². The first kappa shape index (κ1) is 22.5. The standard InChI is InChI=1S/C22H22N4O6/c1-13-12-16(10-11-18(13)26(30)31)22(29)32-15(3)20(27)23-19-14(2)24(4)25(21(19)28)17-8-6-5-7-9-17/h5-12,15H,1-4H3,(H,23,27). The van der Waals surface area contributed by atoms with E-state index in [4.69, 9.17) is 4.74 Å². The van der Waals surface area contributed by atoms with E-state index in [1.54, 1.807) is 42.9 Å². The Balaban J connectivity index is 1.77. The number of rotatable bonds is 6. The van der Waals surface area contributed by atoms with Crippen molar-refractivity contribution in [2.45, 2.75) is 26.9 Å². The quantitative estimate of drug-likeness (QED) is 0.358. The van der Waals surface area contributed by atoms with Crippen molar-refractivity contribution in [2.75, 3.05) is 5.32 Å². The number of para-hydroxylation sites is 1. The molecule has 10 nitrogen and oxygen atoms in total. The Morgan fingerprint density at radius 1 is 1.12 bits per heavy atom. The molecule has 2 aromatic carbocycles. The molecule has 1 unspecified atom stereocenters. The van der Waals surface area contributed by atoms with Gasteiger partial charge < -0.3 is 10.1 Å². The van der Waals surface area contributed by atoms with Crippen LogP contribution in [0.15, 0.2) is 53.3 Å². The molecule has 32 heavy (non-hydrogen) atoms. The number of aryl methyl sites for hydroxylation is 1. The van der Waals surface area contributed by atoms with E-state index in [1.807, 2.05) is 6.07 Å². The van der Waals surface area contributed by atoms with Gasteiger partial charge in [-0.1, -0.05) is 18.2 Å². The third-order valence-electron chi connectivity index (χ3n) is 5.08. The summed E-state index contributed by atoms with van der Waals surface area (Å²) in [6.45, 7) is 4.56. The summed E-state index contributed by atoms with van der Waals surface area (Å²) < 4.78 is 8.22. The normalized spacial score (nSPS) is 11.6. The van der Waals surface area contributed by atoms with Crippen LogP contribution in [0.3, 0.4) is 0 Å². The Bertz CT molecular complexity index is 1260. The number of anilines is 1. The minimum atomic E-state index is -1.21. The second kappa shape index (κ2) is 8.88. The monoisotopic (exact) mass is 438 g/mol. The van der Waals surface area contributed by atoms with Crippen LogP contribution in [0.2, 0.25) is 0 Å². The van der Waals surface area contributed by atoms with E-state index in [1.165, 1.54) is 36.7 Å². The molecule has 0 fully saturated rings. The maximum Gasteiger partial charge on any atom is 0.338 e. The summed E-state index contributed by atoms with van der Waals surface area (Å²) in [5, 5.41) is 13.5. The van der Waals surface area contributed by atoms with Gasteiger partial charge in [0.05, 0.1) is 21.9 Å². The van der Waals surface area contributed by atoms with Crippen LogP contribution in [0.4, 0.5) is 11.4 Å². The van der Waals surface area contributed by atoms with Crippen molar-refractivity contribution in [1.82, 2.24) is 9.36 Å². The predicted octanol–water partition coefficient (Wildman–Crippen LogP) is 2.89. The van der Waals surface area contributed by atoms with Crippen LogP contribution in [0.25, 0.3) is 5.69 Å². The number of carbonyl (C=O) groups excluding carboxylic acids is 2. The predicted molar refractivity (Wildman–Crippen MR) is 117 cm³/mol. The van der Waals surface area contributed by atoms with E-state index in [9.17, 15) is 24.5 Å². The molecule has 0 bridgehead atoms. The van der Waals surface area contributed by atoms with Gasteiger partial charge in [0.1, 0.15) is 5.69 Å². The van der Waals surface area contributed by atoms with Crippen molar-refractivity contribution < 1.29 is 19.2 Å². The Kier molecular flexibility index (Phi) is 6.24. The van der Waals surface area contributed by atoms with Crippen molar-refractivity contribution in [1.29, 1.82) is 0 Å². The minimum Gasteiger partial charge on any atom is -0.449 e. The molecule has 0 saturated heterocycles. The summed E-state index contributed by atoms with van der Waals surface area (Å²) in [4.78, 5) is 48.3. The summed E-state index contributed by atoms with van der Waals surface area (Å²) in [5.41, 5.74) is 1.07. The number of nitro groups is 1. The smallest absolute Gasteiger partial charge is 0.338 e. The lowest BCUT2D eigenvalue weighted by Gasteiger charge is -2.13. The molecule has 0 radical (unpaired) electrons. The molecule has 1 atom stereocenters. The van der Waals surface area contributed by atoms with E-state index >= 15 is 0 Å². The highest BCUT2D eigenvalue weighted by molar-refractivity contribution is 5.97. The maximum atomic E-state index is 12.9. The number of benzene rings is 2. The zero-order valence-corrected chi connectivity index (χ0v) is 18.0. The van der Waals surface area contributed by atoms with Crippen molar-refractivity contribution in [3.8, 4) is 5.69 Å². The first-order valence-corrected chi connectivity index (χ1v) is 9.72. The molecule has 166 valence electrons. The number of nitro benzene ring substituents is 1. The summed E-state index contributed by atoms with van der Waals surface area (Å²) in [5.74, 6) is -1.49. The highest BCUT2D eigenvalue weighted by Crippen LogP contribution is 2.20. The van der Waals surface area contributed by atoms with Crippen LogP contribution in [0.5, 0.6) is 0 Å². The molecule has 0 spiro atoms. The Morgan fingerprint density at radius 3 is 2.38 bits per heavy atom.